The Kier molecular flexibility index (Phi) is 3.87. The third-order valence-electron chi connectivity index (χ3n) is 2.40. The van der Waals surface area contributed by atoms with E-state index in [2.05, 4.69) is 20.0 Å². The topological polar surface area (TPSA) is 86.1 Å². The molecule has 0 radical (unpaired) electrons. The van der Waals surface area contributed by atoms with Gasteiger partial charge in [-0.15, -0.1) is 0 Å². The Bertz CT molecular complexity index is 563. The second-order valence-electron chi connectivity index (χ2n) is 3.63. The van der Waals surface area contributed by atoms with Crippen molar-refractivity contribution in [1.82, 2.24) is 19.9 Å². The fourth-order valence-electron chi connectivity index (χ4n) is 1.39. The number of carbonyl (C=O) groups is 2. The van der Waals surface area contributed by atoms with Crippen molar-refractivity contribution in [3.8, 4) is 5.82 Å². The van der Waals surface area contributed by atoms with Crippen LogP contribution in [0, 0.1) is 0 Å². The number of amides is 1. The summed E-state index contributed by atoms with van der Waals surface area (Å²) in [5.41, 5.74) is 0.368. The molecule has 0 spiro atoms. The Balaban J connectivity index is 2.02. The van der Waals surface area contributed by atoms with Crippen LogP contribution in [0.15, 0.2) is 37.1 Å². The maximum Gasteiger partial charge on any atom is 0.325 e. The van der Waals surface area contributed by atoms with Crippen LogP contribution in [0.4, 0.5) is 0 Å². The summed E-state index contributed by atoms with van der Waals surface area (Å²) in [5, 5.41) is 2.43. The van der Waals surface area contributed by atoms with Crippen molar-refractivity contribution < 1.29 is 14.3 Å². The highest BCUT2D eigenvalue weighted by molar-refractivity contribution is 5.95. The van der Waals surface area contributed by atoms with Gasteiger partial charge in [-0.25, -0.2) is 9.97 Å². The molecule has 1 amide bonds. The van der Waals surface area contributed by atoms with Crippen LogP contribution in [-0.2, 0) is 9.53 Å². The molecule has 0 bridgehead atoms. The number of ether oxygens (including phenoxy) is 1. The van der Waals surface area contributed by atoms with Crippen molar-refractivity contribution in [2.24, 2.45) is 0 Å². The third kappa shape index (κ3) is 3.15. The molecule has 0 aliphatic heterocycles. The van der Waals surface area contributed by atoms with Gasteiger partial charge in [0.05, 0.1) is 12.7 Å². The number of pyridine rings is 1. The second-order valence-corrected chi connectivity index (χ2v) is 3.63. The summed E-state index contributed by atoms with van der Waals surface area (Å²) in [6.45, 7) is -0.168. The van der Waals surface area contributed by atoms with Gasteiger partial charge in [-0.3, -0.25) is 14.2 Å². The highest BCUT2D eigenvalue weighted by Crippen LogP contribution is 2.05. The summed E-state index contributed by atoms with van der Waals surface area (Å²) < 4.78 is 6.14. The van der Waals surface area contributed by atoms with Crippen molar-refractivity contribution in [3.63, 3.8) is 0 Å². The Hall–Kier alpha value is -2.70. The summed E-state index contributed by atoms with van der Waals surface area (Å²) in [6.07, 6.45) is 6.43. The Morgan fingerprint density at radius 2 is 2.26 bits per heavy atom. The van der Waals surface area contributed by atoms with Crippen molar-refractivity contribution in [2.75, 3.05) is 13.7 Å². The Morgan fingerprint density at radius 3 is 2.84 bits per heavy atom. The number of nitrogens with zero attached hydrogens (tertiary/aromatic N) is 3. The van der Waals surface area contributed by atoms with Crippen LogP contribution in [0.2, 0.25) is 0 Å². The number of esters is 1. The van der Waals surface area contributed by atoms with Crippen LogP contribution >= 0.6 is 0 Å². The molecule has 0 saturated carbocycles. The molecule has 0 fully saturated rings. The van der Waals surface area contributed by atoms with E-state index in [0.717, 1.165) is 0 Å². The molecule has 0 aliphatic rings. The maximum atomic E-state index is 11.7. The van der Waals surface area contributed by atoms with E-state index < -0.39 is 5.97 Å². The van der Waals surface area contributed by atoms with E-state index in [1.54, 1.807) is 35.4 Å². The second kappa shape index (κ2) is 5.76. The van der Waals surface area contributed by atoms with Gasteiger partial charge in [0.2, 0.25) is 0 Å². The van der Waals surface area contributed by atoms with Crippen LogP contribution in [0.5, 0.6) is 0 Å². The van der Waals surface area contributed by atoms with Gasteiger partial charge in [-0.1, -0.05) is 0 Å². The lowest BCUT2D eigenvalue weighted by atomic mass is 10.2. The van der Waals surface area contributed by atoms with E-state index in [1.165, 1.54) is 13.3 Å². The fraction of sp³-hybridized carbons (Fsp3) is 0.167. The zero-order valence-corrected chi connectivity index (χ0v) is 10.2. The molecule has 0 aliphatic carbocycles. The molecular weight excluding hydrogens is 248 g/mol. The number of methoxy groups -OCH3 is 1. The van der Waals surface area contributed by atoms with Crippen molar-refractivity contribution in [1.29, 1.82) is 0 Å². The minimum atomic E-state index is -0.503. The number of imidazole rings is 1. The zero-order chi connectivity index (χ0) is 13.7. The lowest BCUT2D eigenvalue weighted by Crippen LogP contribution is -2.30. The summed E-state index contributed by atoms with van der Waals surface area (Å²) >= 11 is 0. The van der Waals surface area contributed by atoms with E-state index in [9.17, 15) is 9.59 Å². The Morgan fingerprint density at radius 1 is 1.42 bits per heavy atom. The SMILES string of the molecule is COC(=O)CNC(=O)c1ccc(-n2ccnc2)nc1. The number of rotatable bonds is 4. The molecule has 0 atom stereocenters. The molecule has 7 nitrogen and oxygen atoms in total. The fourth-order valence-corrected chi connectivity index (χ4v) is 1.39. The monoisotopic (exact) mass is 260 g/mol. The molecule has 0 aromatic carbocycles. The Labute approximate surface area is 109 Å². The van der Waals surface area contributed by atoms with E-state index in [0.29, 0.717) is 11.4 Å². The molecule has 2 aromatic heterocycles. The molecule has 2 heterocycles. The summed E-state index contributed by atoms with van der Waals surface area (Å²) in [7, 11) is 1.26. The smallest absolute Gasteiger partial charge is 0.325 e. The molecule has 1 N–H and O–H groups in total. The first-order valence-electron chi connectivity index (χ1n) is 5.50. The van der Waals surface area contributed by atoms with E-state index in [4.69, 9.17) is 0 Å². The van der Waals surface area contributed by atoms with Crippen LogP contribution in [-0.4, -0.2) is 40.1 Å². The van der Waals surface area contributed by atoms with Gasteiger partial charge < -0.3 is 10.1 Å². The minimum Gasteiger partial charge on any atom is -0.468 e. The average Bonchev–Trinajstić information content (AvgIpc) is 2.98. The van der Waals surface area contributed by atoms with Gasteiger partial charge in [-0.2, -0.15) is 0 Å². The highest BCUT2D eigenvalue weighted by Gasteiger charge is 2.08. The molecule has 2 aromatic rings. The summed E-state index contributed by atoms with van der Waals surface area (Å²) in [5.74, 6) is -0.228. The van der Waals surface area contributed by atoms with Gasteiger partial charge in [0, 0.05) is 18.6 Å². The summed E-state index contributed by atoms with van der Waals surface area (Å²) in [4.78, 5) is 30.6. The van der Waals surface area contributed by atoms with Crippen LogP contribution in [0.3, 0.4) is 0 Å². The lowest BCUT2D eigenvalue weighted by molar-refractivity contribution is -0.139. The molecule has 2 rings (SSSR count). The normalized spacial score (nSPS) is 9.95. The largest absolute Gasteiger partial charge is 0.468 e. The molecule has 0 saturated heterocycles. The van der Waals surface area contributed by atoms with Crippen molar-refractivity contribution in [2.45, 2.75) is 0 Å². The molecule has 0 unspecified atom stereocenters. The minimum absolute atomic E-state index is 0.168. The lowest BCUT2D eigenvalue weighted by Gasteiger charge is -2.05. The maximum absolute atomic E-state index is 11.7. The van der Waals surface area contributed by atoms with Crippen LogP contribution in [0.25, 0.3) is 5.82 Å². The molecule has 7 heteroatoms. The van der Waals surface area contributed by atoms with Crippen LogP contribution < -0.4 is 5.32 Å². The van der Waals surface area contributed by atoms with Gasteiger partial charge in [0.1, 0.15) is 18.7 Å². The first-order valence-corrected chi connectivity index (χ1v) is 5.50. The third-order valence-corrected chi connectivity index (χ3v) is 2.40. The van der Waals surface area contributed by atoms with Crippen molar-refractivity contribution >= 4 is 11.9 Å². The number of hydrogen-bond donors (Lipinski definition) is 1. The molecule has 98 valence electrons. The van der Waals surface area contributed by atoms with E-state index >= 15 is 0 Å². The first-order chi connectivity index (χ1) is 9.20. The van der Waals surface area contributed by atoms with Gasteiger partial charge in [0.25, 0.3) is 5.91 Å². The number of hydrogen-bond acceptors (Lipinski definition) is 5. The quantitative estimate of drug-likeness (QED) is 0.792. The first kappa shape index (κ1) is 12.7. The standard InChI is InChI=1S/C12H12N4O3/c1-19-11(17)7-15-12(18)9-2-3-10(14-6-9)16-5-4-13-8-16/h2-6,8H,7H2,1H3,(H,15,18). The number of aromatic nitrogens is 3. The van der Waals surface area contributed by atoms with E-state index in [1.807, 2.05) is 0 Å². The molecule has 19 heavy (non-hydrogen) atoms. The zero-order valence-electron chi connectivity index (χ0n) is 10.2. The van der Waals surface area contributed by atoms with Crippen LogP contribution in [0.1, 0.15) is 10.4 Å². The van der Waals surface area contributed by atoms with Crippen molar-refractivity contribution in [3.05, 3.63) is 42.6 Å². The highest BCUT2D eigenvalue weighted by atomic mass is 16.5. The van der Waals surface area contributed by atoms with Gasteiger partial charge in [0.15, 0.2) is 0 Å². The van der Waals surface area contributed by atoms with Gasteiger partial charge in [-0.05, 0) is 12.1 Å². The van der Waals surface area contributed by atoms with E-state index in [-0.39, 0.29) is 12.5 Å². The summed E-state index contributed by atoms with van der Waals surface area (Å²) in [6, 6.07) is 3.31. The molecular formula is C12H12N4O3. The van der Waals surface area contributed by atoms with Gasteiger partial charge >= 0.3 is 5.97 Å². The predicted molar refractivity (Wildman–Crippen MR) is 65.7 cm³/mol. The number of nitrogens with one attached hydrogen (secondary N) is 1. The number of carbonyl (C=O) groups excluding carboxylic acids is 2. The average molecular weight is 260 g/mol. The predicted octanol–water partition coefficient (Wildman–Crippen LogP) is 0.170.